The number of ether oxygens (including phenoxy) is 1. The molecule has 0 bridgehead atoms. The van der Waals surface area contributed by atoms with Gasteiger partial charge < -0.3 is 14.6 Å². The number of carbonyl (C=O) groups is 1. The van der Waals surface area contributed by atoms with Crippen LogP contribution < -0.4 is 5.56 Å². The summed E-state index contributed by atoms with van der Waals surface area (Å²) in [5.74, 6) is 0.448. The van der Waals surface area contributed by atoms with Crippen molar-refractivity contribution in [2.75, 3.05) is 19.8 Å². The lowest BCUT2D eigenvalue weighted by molar-refractivity contribution is -0.141. The van der Waals surface area contributed by atoms with Crippen molar-refractivity contribution in [2.24, 2.45) is 0 Å². The number of hydrogen-bond donors (Lipinski definition) is 1. The largest absolute Gasteiger partial charge is 0.377 e. The van der Waals surface area contributed by atoms with Crippen molar-refractivity contribution < 1.29 is 9.53 Å². The number of aryl methyl sites for hydroxylation is 1. The molecule has 2 aromatic rings. The summed E-state index contributed by atoms with van der Waals surface area (Å²) in [6.45, 7) is 3.15. The van der Waals surface area contributed by atoms with Gasteiger partial charge in [0.1, 0.15) is 12.4 Å². The fourth-order valence-electron chi connectivity index (χ4n) is 2.54. The Hall–Kier alpha value is -2.48. The Labute approximate surface area is 126 Å². The smallest absolute Gasteiger partial charge is 0.251 e. The normalized spacial score (nSPS) is 18.4. The second kappa shape index (κ2) is 6.10. The van der Waals surface area contributed by atoms with Crippen LogP contribution in [-0.2, 0) is 16.1 Å². The van der Waals surface area contributed by atoms with Crippen molar-refractivity contribution in [3.05, 3.63) is 46.4 Å². The van der Waals surface area contributed by atoms with Crippen molar-refractivity contribution in [3.8, 4) is 0 Å². The standard InChI is InChI=1S/C14H17N5O3/c1-10-16-11(7-13(20)17-10)12-9-22-6-5-19(12)14(21)8-18-4-2-3-15-18/h2-4,7,12H,5-6,8-9H2,1H3,(H,16,17,20)/t12-/m1/s1. The van der Waals surface area contributed by atoms with E-state index >= 15 is 0 Å². The highest BCUT2D eigenvalue weighted by Gasteiger charge is 2.30. The van der Waals surface area contributed by atoms with Crippen LogP contribution in [0.2, 0.25) is 0 Å². The molecular formula is C14H17N5O3. The molecule has 1 N–H and O–H groups in total. The quantitative estimate of drug-likeness (QED) is 0.853. The van der Waals surface area contributed by atoms with Gasteiger partial charge in [0.15, 0.2) is 0 Å². The summed E-state index contributed by atoms with van der Waals surface area (Å²) in [6, 6.07) is 2.84. The van der Waals surface area contributed by atoms with Gasteiger partial charge >= 0.3 is 0 Å². The number of nitrogens with one attached hydrogen (secondary N) is 1. The average molecular weight is 303 g/mol. The first-order valence-electron chi connectivity index (χ1n) is 7.06. The number of amides is 1. The van der Waals surface area contributed by atoms with Crippen molar-refractivity contribution in [1.29, 1.82) is 0 Å². The van der Waals surface area contributed by atoms with Gasteiger partial charge in [-0.3, -0.25) is 14.3 Å². The van der Waals surface area contributed by atoms with Gasteiger partial charge in [0.05, 0.1) is 24.9 Å². The molecule has 0 saturated carbocycles. The highest BCUT2D eigenvalue weighted by Crippen LogP contribution is 2.22. The zero-order chi connectivity index (χ0) is 15.5. The van der Waals surface area contributed by atoms with Crippen LogP contribution >= 0.6 is 0 Å². The minimum Gasteiger partial charge on any atom is -0.377 e. The zero-order valence-corrected chi connectivity index (χ0v) is 12.2. The summed E-state index contributed by atoms with van der Waals surface area (Å²) >= 11 is 0. The molecule has 1 amide bonds. The van der Waals surface area contributed by atoms with E-state index in [1.54, 1.807) is 35.0 Å². The molecule has 8 heteroatoms. The molecule has 0 radical (unpaired) electrons. The van der Waals surface area contributed by atoms with E-state index in [4.69, 9.17) is 4.74 Å². The van der Waals surface area contributed by atoms with E-state index in [0.717, 1.165) is 0 Å². The summed E-state index contributed by atoms with van der Waals surface area (Å²) in [6.07, 6.45) is 3.37. The van der Waals surface area contributed by atoms with Gasteiger partial charge in [-0.05, 0) is 13.0 Å². The molecule has 0 spiro atoms. The molecule has 116 valence electrons. The van der Waals surface area contributed by atoms with Crippen molar-refractivity contribution in [2.45, 2.75) is 19.5 Å². The predicted octanol–water partition coefficient (Wildman–Crippen LogP) is -0.125. The third-order valence-corrected chi connectivity index (χ3v) is 3.53. The fraction of sp³-hybridized carbons (Fsp3) is 0.429. The van der Waals surface area contributed by atoms with Crippen LogP contribution in [-0.4, -0.2) is 50.3 Å². The van der Waals surface area contributed by atoms with Crippen LogP contribution in [0.15, 0.2) is 29.3 Å². The molecule has 2 aromatic heterocycles. The lowest BCUT2D eigenvalue weighted by atomic mass is 10.1. The number of carbonyl (C=O) groups excluding carboxylic acids is 1. The second-order valence-corrected chi connectivity index (χ2v) is 5.14. The summed E-state index contributed by atoms with van der Waals surface area (Å²) in [4.78, 5) is 32.8. The van der Waals surface area contributed by atoms with E-state index in [1.807, 2.05) is 0 Å². The Morgan fingerprint density at radius 3 is 3.14 bits per heavy atom. The van der Waals surface area contributed by atoms with Crippen molar-refractivity contribution in [3.63, 3.8) is 0 Å². The van der Waals surface area contributed by atoms with E-state index in [1.165, 1.54) is 6.07 Å². The van der Waals surface area contributed by atoms with Crippen LogP contribution in [0.25, 0.3) is 0 Å². The predicted molar refractivity (Wildman–Crippen MR) is 77.1 cm³/mol. The minimum absolute atomic E-state index is 0.0725. The molecule has 3 heterocycles. The van der Waals surface area contributed by atoms with Gasteiger partial charge in [-0.1, -0.05) is 0 Å². The maximum atomic E-state index is 12.5. The molecule has 1 saturated heterocycles. The topological polar surface area (TPSA) is 93.1 Å². The Morgan fingerprint density at radius 2 is 2.41 bits per heavy atom. The average Bonchev–Trinajstić information content (AvgIpc) is 2.99. The van der Waals surface area contributed by atoms with Crippen LogP contribution in [0.1, 0.15) is 17.6 Å². The summed E-state index contributed by atoms with van der Waals surface area (Å²) in [7, 11) is 0. The van der Waals surface area contributed by atoms with Gasteiger partial charge in [-0.15, -0.1) is 0 Å². The third-order valence-electron chi connectivity index (χ3n) is 3.53. The number of aromatic amines is 1. The Kier molecular flexibility index (Phi) is 4.01. The number of aromatic nitrogens is 4. The maximum Gasteiger partial charge on any atom is 0.251 e. The number of H-pyrrole nitrogens is 1. The third kappa shape index (κ3) is 3.06. The second-order valence-electron chi connectivity index (χ2n) is 5.14. The van der Waals surface area contributed by atoms with Crippen molar-refractivity contribution >= 4 is 5.91 Å². The van der Waals surface area contributed by atoms with Crippen molar-refractivity contribution in [1.82, 2.24) is 24.6 Å². The monoisotopic (exact) mass is 303 g/mol. The molecule has 3 rings (SSSR count). The molecule has 0 aromatic carbocycles. The molecule has 8 nitrogen and oxygen atoms in total. The molecular weight excluding hydrogens is 286 g/mol. The maximum absolute atomic E-state index is 12.5. The van der Waals surface area contributed by atoms with Gasteiger partial charge in [0.25, 0.3) is 5.56 Å². The fourth-order valence-corrected chi connectivity index (χ4v) is 2.54. The highest BCUT2D eigenvalue weighted by atomic mass is 16.5. The van der Waals surface area contributed by atoms with Crippen LogP contribution in [0.5, 0.6) is 0 Å². The zero-order valence-electron chi connectivity index (χ0n) is 12.2. The summed E-state index contributed by atoms with van der Waals surface area (Å²) < 4.78 is 7.04. The Balaban J connectivity index is 1.84. The molecule has 1 atom stereocenters. The first-order valence-corrected chi connectivity index (χ1v) is 7.06. The molecule has 1 aliphatic rings. The SMILES string of the molecule is Cc1nc([C@H]2COCCN2C(=O)Cn2cccn2)cc(=O)[nH]1. The molecule has 0 unspecified atom stereocenters. The number of nitrogens with zero attached hydrogens (tertiary/aromatic N) is 4. The van der Waals surface area contributed by atoms with E-state index in [0.29, 0.717) is 31.3 Å². The van der Waals surface area contributed by atoms with Gasteiger partial charge in [0.2, 0.25) is 5.91 Å². The Morgan fingerprint density at radius 1 is 1.55 bits per heavy atom. The van der Waals surface area contributed by atoms with E-state index in [9.17, 15) is 9.59 Å². The Bertz CT molecular complexity index is 710. The first kappa shape index (κ1) is 14.5. The molecule has 0 aliphatic carbocycles. The molecule has 22 heavy (non-hydrogen) atoms. The number of morpholine rings is 1. The highest BCUT2D eigenvalue weighted by molar-refractivity contribution is 5.76. The van der Waals surface area contributed by atoms with Gasteiger partial charge in [0, 0.05) is 25.0 Å². The van der Waals surface area contributed by atoms with Gasteiger partial charge in [-0.2, -0.15) is 5.10 Å². The lowest BCUT2D eigenvalue weighted by Gasteiger charge is -2.35. The summed E-state index contributed by atoms with van der Waals surface area (Å²) in [5, 5.41) is 4.04. The molecule has 1 fully saturated rings. The van der Waals surface area contributed by atoms with Gasteiger partial charge in [-0.25, -0.2) is 4.98 Å². The summed E-state index contributed by atoms with van der Waals surface area (Å²) in [5.41, 5.74) is 0.322. The van der Waals surface area contributed by atoms with E-state index in [-0.39, 0.29) is 24.1 Å². The first-order chi connectivity index (χ1) is 10.6. The lowest BCUT2D eigenvalue weighted by Crippen LogP contribution is -2.45. The molecule has 1 aliphatic heterocycles. The number of rotatable bonds is 3. The van der Waals surface area contributed by atoms with Crippen LogP contribution in [0.4, 0.5) is 0 Å². The van der Waals surface area contributed by atoms with Crippen LogP contribution in [0, 0.1) is 6.92 Å². The minimum atomic E-state index is -0.349. The van der Waals surface area contributed by atoms with Crippen LogP contribution in [0.3, 0.4) is 0 Å². The number of hydrogen-bond acceptors (Lipinski definition) is 5. The van der Waals surface area contributed by atoms with E-state index in [2.05, 4.69) is 15.1 Å². The van der Waals surface area contributed by atoms with E-state index < -0.39 is 0 Å².